The molecular weight excluding hydrogens is 328 g/mol. The molecule has 108 valence electrons. The maximum Gasteiger partial charge on any atom is 0.308 e. The fraction of sp³-hybridized carbons (Fsp3) is 0.462. The number of hydrogen-bond acceptors (Lipinski definition) is 4. The van der Waals surface area contributed by atoms with Gasteiger partial charge >= 0.3 is 5.97 Å². The van der Waals surface area contributed by atoms with Crippen molar-refractivity contribution >= 4 is 27.6 Å². The summed E-state index contributed by atoms with van der Waals surface area (Å²) in [7, 11) is 0. The Bertz CT molecular complexity index is 549. The molecule has 0 saturated carbocycles. The molecule has 0 bridgehead atoms. The Morgan fingerprint density at radius 2 is 2.25 bits per heavy atom. The Labute approximate surface area is 124 Å². The van der Waals surface area contributed by atoms with Crippen LogP contribution in [0.1, 0.15) is 12.5 Å². The van der Waals surface area contributed by atoms with Gasteiger partial charge in [-0.25, -0.2) is 0 Å². The molecule has 0 amide bonds. The van der Waals surface area contributed by atoms with Crippen LogP contribution in [0.2, 0.25) is 0 Å². The molecule has 1 saturated heterocycles. The van der Waals surface area contributed by atoms with Crippen LogP contribution in [0, 0.1) is 22.0 Å². The van der Waals surface area contributed by atoms with Gasteiger partial charge in [0.05, 0.1) is 10.8 Å². The second-order valence-corrected chi connectivity index (χ2v) is 6.00. The normalized spacial score (nSPS) is 22.9. The molecule has 2 rings (SSSR count). The van der Waals surface area contributed by atoms with Crippen molar-refractivity contribution in [3.8, 4) is 0 Å². The van der Waals surface area contributed by atoms with Crippen LogP contribution in [0.15, 0.2) is 22.7 Å². The molecule has 2 unspecified atom stereocenters. The summed E-state index contributed by atoms with van der Waals surface area (Å²) in [6.45, 7) is 3.76. The molecule has 1 aromatic rings. The highest BCUT2D eigenvalue weighted by atomic mass is 79.9. The molecule has 0 aliphatic carbocycles. The number of nitro groups is 1. The molecule has 0 radical (unpaired) electrons. The number of nitro benzene ring substituents is 1. The van der Waals surface area contributed by atoms with Crippen LogP contribution in [0.3, 0.4) is 0 Å². The van der Waals surface area contributed by atoms with Gasteiger partial charge in [-0.15, -0.1) is 0 Å². The van der Waals surface area contributed by atoms with Crippen molar-refractivity contribution in [2.45, 2.75) is 13.5 Å². The number of non-ortho nitro benzene ring substituents is 1. The predicted molar refractivity (Wildman–Crippen MR) is 76.4 cm³/mol. The van der Waals surface area contributed by atoms with Gasteiger partial charge in [0, 0.05) is 36.2 Å². The van der Waals surface area contributed by atoms with Gasteiger partial charge in [-0.05, 0) is 17.5 Å². The first-order valence-electron chi connectivity index (χ1n) is 6.26. The SMILES string of the molecule is CC1CN(Cc2ccc([N+](=O)[O-])cc2Br)CC1C(=O)O. The summed E-state index contributed by atoms with van der Waals surface area (Å²) >= 11 is 3.33. The van der Waals surface area contributed by atoms with Crippen molar-refractivity contribution < 1.29 is 14.8 Å². The minimum Gasteiger partial charge on any atom is -0.481 e. The number of carboxylic acids is 1. The van der Waals surface area contributed by atoms with Crippen molar-refractivity contribution in [2.24, 2.45) is 11.8 Å². The number of rotatable bonds is 4. The standard InChI is InChI=1S/C13H15BrN2O4/c1-8-5-15(7-11(8)13(17)18)6-9-2-3-10(16(19)20)4-12(9)14/h2-4,8,11H,5-7H2,1H3,(H,17,18). The van der Waals surface area contributed by atoms with Crippen molar-refractivity contribution in [2.75, 3.05) is 13.1 Å². The molecule has 0 aromatic heterocycles. The Morgan fingerprint density at radius 3 is 2.75 bits per heavy atom. The van der Waals surface area contributed by atoms with Crippen molar-refractivity contribution in [1.82, 2.24) is 4.90 Å². The molecule has 1 N–H and O–H groups in total. The van der Waals surface area contributed by atoms with Crippen LogP contribution in [0.5, 0.6) is 0 Å². The van der Waals surface area contributed by atoms with Crippen LogP contribution in [0.4, 0.5) is 5.69 Å². The van der Waals surface area contributed by atoms with Crippen molar-refractivity contribution in [3.05, 3.63) is 38.3 Å². The number of nitrogens with zero attached hydrogens (tertiary/aromatic N) is 2. The van der Waals surface area contributed by atoms with Gasteiger partial charge in [-0.3, -0.25) is 19.8 Å². The average Bonchev–Trinajstić information content (AvgIpc) is 2.73. The topological polar surface area (TPSA) is 83.7 Å². The lowest BCUT2D eigenvalue weighted by atomic mass is 9.99. The Hall–Kier alpha value is -1.47. The van der Waals surface area contributed by atoms with Gasteiger partial charge in [0.1, 0.15) is 0 Å². The number of carbonyl (C=O) groups is 1. The van der Waals surface area contributed by atoms with E-state index in [1.54, 1.807) is 6.07 Å². The zero-order valence-corrected chi connectivity index (χ0v) is 12.5. The molecule has 20 heavy (non-hydrogen) atoms. The summed E-state index contributed by atoms with van der Waals surface area (Å²) in [5.74, 6) is -0.987. The zero-order valence-electron chi connectivity index (χ0n) is 11.0. The molecule has 0 spiro atoms. The Kier molecular flexibility index (Phi) is 4.39. The van der Waals surface area contributed by atoms with E-state index in [4.69, 9.17) is 5.11 Å². The van der Waals surface area contributed by atoms with E-state index < -0.39 is 10.9 Å². The van der Waals surface area contributed by atoms with Gasteiger partial charge in [-0.2, -0.15) is 0 Å². The molecule has 7 heteroatoms. The van der Waals surface area contributed by atoms with E-state index in [1.807, 2.05) is 6.92 Å². The van der Waals surface area contributed by atoms with E-state index in [0.29, 0.717) is 17.6 Å². The van der Waals surface area contributed by atoms with E-state index in [2.05, 4.69) is 20.8 Å². The zero-order chi connectivity index (χ0) is 14.9. The molecule has 1 fully saturated rings. The van der Waals surface area contributed by atoms with E-state index >= 15 is 0 Å². The second kappa shape index (κ2) is 5.88. The van der Waals surface area contributed by atoms with Crippen molar-refractivity contribution in [3.63, 3.8) is 0 Å². The monoisotopic (exact) mass is 342 g/mol. The van der Waals surface area contributed by atoms with Gasteiger partial charge in [0.25, 0.3) is 5.69 Å². The third-order valence-corrected chi connectivity index (χ3v) is 4.38. The third-order valence-electron chi connectivity index (χ3n) is 3.65. The van der Waals surface area contributed by atoms with Crippen LogP contribution in [-0.4, -0.2) is 34.0 Å². The summed E-state index contributed by atoms with van der Waals surface area (Å²) in [5.41, 5.74) is 0.965. The average molecular weight is 343 g/mol. The van der Waals surface area contributed by atoms with Gasteiger partial charge in [0.2, 0.25) is 0 Å². The van der Waals surface area contributed by atoms with E-state index in [9.17, 15) is 14.9 Å². The molecule has 1 aliphatic heterocycles. The first kappa shape index (κ1) is 14.9. The highest BCUT2D eigenvalue weighted by molar-refractivity contribution is 9.10. The minimum absolute atomic E-state index is 0.0406. The number of likely N-dealkylation sites (tertiary alicyclic amines) is 1. The maximum absolute atomic E-state index is 11.1. The summed E-state index contributed by atoms with van der Waals surface area (Å²) in [6, 6.07) is 4.65. The number of hydrogen-bond donors (Lipinski definition) is 1. The van der Waals surface area contributed by atoms with Crippen LogP contribution >= 0.6 is 15.9 Å². The lowest BCUT2D eigenvalue weighted by molar-refractivity contribution is -0.384. The summed E-state index contributed by atoms with van der Waals surface area (Å²) in [4.78, 5) is 23.4. The highest BCUT2D eigenvalue weighted by Crippen LogP contribution is 2.28. The fourth-order valence-electron chi connectivity index (χ4n) is 2.54. The van der Waals surface area contributed by atoms with Gasteiger partial charge in [0.15, 0.2) is 0 Å². The molecular formula is C13H15BrN2O4. The van der Waals surface area contributed by atoms with Crippen molar-refractivity contribution in [1.29, 1.82) is 0 Å². The Balaban J connectivity index is 2.08. The smallest absolute Gasteiger partial charge is 0.308 e. The first-order chi connectivity index (χ1) is 9.38. The first-order valence-corrected chi connectivity index (χ1v) is 7.05. The van der Waals surface area contributed by atoms with Gasteiger partial charge < -0.3 is 5.11 Å². The quantitative estimate of drug-likeness (QED) is 0.671. The van der Waals surface area contributed by atoms with Crippen LogP contribution < -0.4 is 0 Å². The molecule has 1 aliphatic rings. The largest absolute Gasteiger partial charge is 0.481 e. The number of aliphatic carboxylic acids is 1. The second-order valence-electron chi connectivity index (χ2n) is 5.15. The predicted octanol–water partition coefficient (Wildman–Crippen LogP) is 2.51. The molecule has 1 aromatic carbocycles. The molecule has 6 nitrogen and oxygen atoms in total. The van der Waals surface area contributed by atoms with E-state index in [-0.39, 0.29) is 17.5 Å². The lowest BCUT2D eigenvalue weighted by Gasteiger charge is -2.16. The highest BCUT2D eigenvalue weighted by Gasteiger charge is 2.34. The number of carboxylic acid groups (broad SMARTS) is 1. The van der Waals surface area contributed by atoms with E-state index in [1.165, 1.54) is 12.1 Å². The Morgan fingerprint density at radius 1 is 1.55 bits per heavy atom. The van der Waals surface area contributed by atoms with Crippen LogP contribution in [-0.2, 0) is 11.3 Å². The maximum atomic E-state index is 11.1. The summed E-state index contributed by atoms with van der Waals surface area (Å²) in [5, 5.41) is 19.8. The molecule has 2 atom stereocenters. The number of halogens is 1. The summed E-state index contributed by atoms with van der Waals surface area (Å²) in [6.07, 6.45) is 0. The fourth-order valence-corrected chi connectivity index (χ4v) is 3.03. The van der Waals surface area contributed by atoms with Crippen LogP contribution in [0.25, 0.3) is 0 Å². The molecule has 1 heterocycles. The lowest BCUT2D eigenvalue weighted by Crippen LogP contribution is -2.23. The number of benzene rings is 1. The van der Waals surface area contributed by atoms with Gasteiger partial charge in [-0.1, -0.05) is 22.9 Å². The third kappa shape index (κ3) is 3.16. The van der Waals surface area contributed by atoms with E-state index in [0.717, 1.165) is 12.1 Å². The summed E-state index contributed by atoms with van der Waals surface area (Å²) < 4.78 is 0.679. The minimum atomic E-state index is -0.761.